The summed E-state index contributed by atoms with van der Waals surface area (Å²) < 4.78 is 5.61. The number of hydrogen-bond acceptors (Lipinski definition) is 2. The van der Waals surface area contributed by atoms with Crippen LogP contribution in [0.1, 0.15) is 39.0 Å². The van der Waals surface area contributed by atoms with Crippen LogP contribution in [0.15, 0.2) is 0 Å². The van der Waals surface area contributed by atoms with Crippen molar-refractivity contribution in [2.75, 3.05) is 19.8 Å². The molecule has 1 heterocycles. The van der Waals surface area contributed by atoms with E-state index in [0.717, 1.165) is 31.6 Å². The molecular formula is C12H23NO. The van der Waals surface area contributed by atoms with E-state index in [1.165, 1.54) is 32.1 Å². The molecule has 1 aliphatic heterocycles. The average Bonchev–Trinajstić information content (AvgIpc) is 2.62. The SMILES string of the molecule is CC1CCCC1(CN)C1CCCOC1. The van der Waals surface area contributed by atoms with Gasteiger partial charge in [0.15, 0.2) is 0 Å². The smallest absolute Gasteiger partial charge is 0.0500 e. The Kier molecular flexibility index (Phi) is 3.13. The van der Waals surface area contributed by atoms with Crippen molar-refractivity contribution in [3.05, 3.63) is 0 Å². The van der Waals surface area contributed by atoms with Gasteiger partial charge in [0.1, 0.15) is 0 Å². The summed E-state index contributed by atoms with van der Waals surface area (Å²) in [5, 5.41) is 0. The fourth-order valence-electron chi connectivity index (χ4n) is 3.54. The van der Waals surface area contributed by atoms with Crippen LogP contribution in [0.25, 0.3) is 0 Å². The summed E-state index contributed by atoms with van der Waals surface area (Å²) in [7, 11) is 0. The Labute approximate surface area is 87.2 Å². The van der Waals surface area contributed by atoms with Crippen molar-refractivity contribution in [1.82, 2.24) is 0 Å². The Morgan fingerprint density at radius 1 is 1.36 bits per heavy atom. The molecule has 2 aliphatic rings. The minimum absolute atomic E-state index is 0.417. The fraction of sp³-hybridized carbons (Fsp3) is 1.00. The minimum atomic E-state index is 0.417. The van der Waals surface area contributed by atoms with Crippen molar-refractivity contribution in [2.24, 2.45) is 23.0 Å². The van der Waals surface area contributed by atoms with Gasteiger partial charge in [-0.1, -0.05) is 19.8 Å². The largest absolute Gasteiger partial charge is 0.381 e. The van der Waals surface area contributed by atoms with Crippen LogP contribution in [0, 0.1) is 17.3 Å². The van der Waals surface area contributed by atoms with E-state index in [0.29, 0.717) is 5.41 Å². The van der Waals surface area contributed by atoms with Crippen LogP contribution in [0.2, 0.25) is 0 Å². The van der Waals surface area contributed by atoms with Crippen molar-refractivity contribution in [3.63, 3.8) is 0 Å². The molecule has 1 saturated heterocycles. The highest BCUT2D eigenvalue weighted by atomic mass is 16.5. The highest BCUT2D eigenvalue weighted by molar-refractivity contribution is 4.96. The van der Waals surface area contributed by atoms with Gasteiger partial charge >= 0.3 is 0 Å². The second kappa shape index (κ2) is 4.19. The lowest BCUT2D eigenvalue weighted by molar-refractivity contribution is -0.0205. The molecule has 0 spiro atoms. The van der Waals surface area contributed by atoms with Gasteiger partial charge in [-0.15, -0.1) is 0 Å². The molecule has 2 heteroatoms. The number of ether oxygens (including phenoxy) is 1. The molecule has 3 unspecified atom stereocenters. The van der Waals surface area contributed by atoms with Gasteiger partial charge in [0.05, 0.1) is 0 Å². The van der Waals surface area contributed by atoms with Crippen LogP contribution in [0.4, 0.5) is 0 Å². The van der Waals surface area contributed by atoms with Crippen LogP contribution in [0.5, 0.6) is 0 Å². The Hall–Kier alpha value is -0.0800. The van der Waals surface area contributed by atoms with Gasteiger partial charge in [-0.05, 0) is 43.1 Å². The highest BCUT2D eigenvalue weighted by Gasteiger charge is 2.45. The Bertz CT molecular complexity index is 189. The van der Waals surface area contributed by atoms with E-state index in [1.54, 1.807) is 0 Å². The Balaban J connectivity index is 2.09. The summed E-state index contributed by atoms with van der Waals surface area (Å²) in [6, 6.07) is 0. The zero-order valence-corrected chi connectivity index (χ0v) is 9.30. The minimum Gasteiger partial charge on any atom is -0.381 e. The molecule has 82 valence electrons. The highest BCUT2D eigenvalue weighted by Crippen LogP contribution is 2.50. The number of rotatable bonds is 2. The van der Waals surface area contributed by atoms with Crippen LogP contribution in [-0.2, 0) is 4.74 Å². The average molecular weight is 197 g/mol. The standard InChI is InChI=1S/C12H23NO/c1-10-4-2-6-12(10,9-13)11-5-3-7-14-8-11/h10-11H,2-9,13H2,1H3. The van der Waals surface area contributed by atoms with Crippen molar-refractivity contribution in [3.8, 4) is 0 Å². The van der Waals surface area contributed by atoms with E-state index in [2.05, 4.69) is 6.92 Å². The van der Waals surface area contributed by atoms with Gasteiger partial charge in [0.25, 0.3) is 0 Å². The summed E-state index contributed by atoms with van der Waals surface area (Å²) in [6.45, 7) is 5.17. The van der Waals surface area contributed by atoms with Crippen LogP contribution < -0.4 is 5.73 Å². The lowest BCUT2D eigenvalue weighted by atomic mass is 9.67. The van der Waals surface area contributed by atoms with Crippen molar-refractivity contribution < 1.29 is 4.74 Å². The van der Waals surface area contributed by atoms with Crippen LogP contribution >= 0.6 is 0 Å². The van der Waals surface area contributed by atoms with E-state index in [-0.39, 0.29) is 0 Å². The van der Waals surface area contributed by atoms with Gasteiger partial charge in [-0.3, -0.25) is 0 Å². The van der Waals surface area contributed by atoms with Gasteiger partial charge in [-0.2, -0.15) is 0 Å². The molecule has 2 fully saturated rings. The van der Waals surface area contributed by atoms with Crippen LogP contribution in [0.3, 0.4) is 0 Å². The number of nitrogens with two attached hydrogens (primary N) is 1. The maximum Gasteiger partial charge on any atom is 0.0500 e. The third-order valence-electron chi connectivity index (χ3n) is 4.61. The molecule has 0 aromatic rings. The quantitative estimate of drug-likeness (QED) is 0.736. The Morgan fingerprint density at radius 3 is 2.71 bits per heavy atom. The molecular weight excluding hydrogens is 174 g/mol. The van der Waals surface area contributed by atoms with E-state index in [1.807, 2.05) is 0 Å². The summed E-state index contributed by atoms with van der Waals surface area (Å²) in [4.78, 5) is 0. The molecule has 0 amide bonds. The lowest BCUT2D eigenvalue weighted by Gasteiger charge is -2.42. The van der Waals surface area contributed by atoms with E-state index >= 15 is 0 Å². The first-order chi connectivity index (χ1) is 6.79. The molecule has 2 rings (SSSR count). The molecule has 1 saturated carbocycles. The van der Waals surface area contributed by atoms with Crippen molar-refractivity contribution in [1.29, 1.82) is 0 Å². The first-order valence-electron chi connectivity index (χ1n) is 6.07. The summed E-state index contributed by atoms with van der Waals surface area (Å²) in [5.74, 6) is 1.54. The van der Waals surface area contributed by atoms with Gasteiger partial charge in [0.2, 0.25) is 0 Å². The third kappa shape index (κ3) is 1.59. The molecule has 0 radical (unpaired) electrons. The maximum atomic E-state index is 6.03. The van der Waals surface area contributed by atoms with E-state index in [9.17, 15) is 0 Å². The molecule has 0 aromatic carbocycles. The molecule has 1 aliphatic carbocycles. The van der Waals surface area contributed by atoms with Gasteiger partial charge in [-0.25, -0.2) is 0 Å². The summed E-state index contributed by atoms with van der Waals surface area (Å²) >= 11 is 0. The van der Waals surface area contributed by atoms with E-state index < -0.39 is 0 Å². The normalized spacial score (nSPS) is 44.1. The lowest BCUT2D eigenvalue weighted by Crippen LogP contribution is -2.43. The van der Waals surface area contributed by atoms with Gasteiger partial charge in [0, 0.05) is 13.2 Å². The maximum absolute atomic E-state index is 6.03. The van der Waals surface area contributed by atoms with Crippen molar-refractivity contribution in [2.45, 2.75) is 39.0 Å². The topological polar surface area (TPSA) is 35.2 Å². The summed E-state index contributed by atoms with van der Waals surface area (Å²) in [6.07, 6.45) is 6.64. The molecule has 2 nitrogen and oxygen atoms in total. The van der Waals surface area contributed by atoms with Crippen molar-refractivity contribution >= 4 is 0 Å². The predicted octanol–water partition coefficient (Wildman–Crippen LogP) is 2.18. The molecule has 14 heavy (non-hydrogen) atoms. The predicted molar refractivity (Wildman–Crippen MR) is 58.0 cm³/mol. The second-order valence-electron chi connectivity index (χ2n) is 5.14. The van der Waals surface area contributed by atoms with Crippen LogP contribution in [-0.4, -0.2) is 19.8 Å². The zero-order chi connectivity index (χ0) is 10.0. The van der Waals surface area contributed by atoms with Gasteiger partial charge < -0.3 is 10.5 Å². The monoisotopic (exact) mass is 197 g/mol. The zero-order valence-electron chi connectivity index (χ0n) is 9.30. The van der Waals surface area contributed by atoms with E-state index in [4.69, 9.17) is 10.5 Å². The first kappa shape index (κ1) is 10.4. The molecule has 3 atom stereocenters. The molecule has 2 N–H and O–H groups in total. The Morgan fingerprint density at radius 2 is 2.21 bits per heavy atom. The summed E-state index contributed by atoms with van der Waals surface area (Å²) in [5.41, 5.74) is 6.45. The fourth-order valence-corrected chi connectivity index (χ4v) is 3.54. The molecule has 0 aromatic heterocycles. The second-order valence-corrected chi connectivity index (χ2v) is 5.14. The third-order valence-corrected chi connectivity index (χ3v) is 4.61. The molecule has 0 bridgehead atoms. The number of hydrogen-bond donors (Lipinski definition) is 1. The first-order valence-corrected chi connectivity index (χ1v) is 6.07.